The van der Waals surface area contributed by atoms with Gasteiger partial charge < -0.3 is 5.32 Å². The maximum Gasteiger partial charge on any atom is 0.346 e. The Hall–Kier alpha value is -3.75. The largest absolute Gasteiger partial charge is 0.346 e. The minimum atomic E-state index is -1.17. The average molecular weight is 381 g/mol. The summed E-state index contributed by atoms with van der Waals surface area (Å²) in [6.07, 6.45) is 2.64. The van der Waals surface area contributed by atoms with Gasteiger partial charge in [-0.05, 0) is 31.2 Å². The molecule has 28 heavy (non-hydrogen) atoms. The number of hydrogen-bond acceptors (Lipinski definition) is 5. The molecule has 2 aromatic rings. The number of benzene rings is 1. The van der Waals surface area contributed by atoms with Gasteiger partial charge in [-0.3, -0.25) is 29.7 Å². The van der Waals surface area contributed by atoms with Crippen LogP contribution in [0.3, 0.4) is 0 Å². The number of urea groups is 1. The summed E-state index contributed by atoms with van der Waals surface area (Å²) in [5.74, 6) is -1.63. The van der Waals surface area contributed by atoms with Crippen molar-refractivity contribution in [2.75, 3.05) is 11.9 Å². The maximum absolute atomic E-state index is 12.7. The molecule has 2 heterocycles. The zero-order valence-corrected chi connectivity index (χ0v) is 15.2. The van der Waals surface area contributed by atoms with Crippen molar-refractivity contribution in [2.45, 2.75) is 19.4 Å². The average Bonchev–Trinajstić information content (AvgIpc) is 2.71. The molecule has 1 atom stereocenters. The number of anilines is 1. The molecule has 1 saturated heterocycles. The lowest BCUT2D eigenvalue weighted by Crippen LogP contribution is -2.65. The van der Waals surface area contributed by atoms with Crippen molar-refractivity contribution in [3.8, 4) is 0 Å². The van der Waals surface area contributed by atoms with Crippen molar-refractivity contribution in [1.29, 1.82) is 0 Å². The molecule has 1 aliphatic rings. The summed E-state index contributed by atoms with van der Waals surface area (Å²) >= 11 is 0. The van der Waals surface area contributed by atoms with Crippen LogP contribution >= 0.6 is 0 Å². The Kier molecular flexibility index (Phi) is 5.64. The van der Waals surface area contributed by atoms with Gasteiger partial charge in [0.15, 0.2) is 0 Å². The van der Waals surface area contributed by atoms with Crippen molar-refractivity contribution < 1.29 is 19.2 Å². The number of rotatable bonds is 5. The highest BCUT2D eigenvalue weighted by atomic mass is 16.2. The van der Waals surface area contributed by atoms with Crippen LogP contribution in [0.2, 0.25) is 0 Å². The van der Waals surface area contributed by atoms with Crippen LogP contribution in [-0.2, 0) is 9.59 Å². The second kappa shape index (κ2) is 8.30. The molecule has 0 bridgehead atoms. The minimum Gasteiger partial charge on any atom is -0.324 e. The molecule has 1 fully saturated rings. The van der Waals surface area contributed by atoms with Crippen LogP contribution in [0, 0.1) is 0 Å². The van der Waals surface area contributed by atoms with E-state index < -0.39 is 29.8 Å². The van der Waals surface area contributed by atoms with Gasteiger partial charge in [-0.2, -0.15) is 0 Å². The highest BCUT2D eigenvalue weighted by Crippen LogP contribution is 2.18. The molecule has 1 aliphatic heterocycles. The predicted octanol–water partition coefficient (Wildman–Crippen LogP) is 1.41. The Labute approximate surface area is 161 Å². The van der Waals surface area contributed by atoms with Gasteiger partial charge in [0.05, 0.1) is 6.42 Å². The van der Waals surface area contributed by atoms with Gasteiger partial charge in [0.1, 0.15) is 6.04 Å². The number of para-hydroxylation sites is 1. The summed E-state index contributed by atoms with van der Waals surface area (Å²) in [5.41, 5.74) is 3.24. The third-order valence-electron chi connectivity index (χ3n) is 4.24. The number of hydrogen-bond donors (Lipinski definition) is 2. The standard InChI is InChI=1S/C19H19N5O4/c1-2-23-16(25)12-15(18(27)21-14-6-4-3-5-7-14)24(19(23)28)22-17(26)13-8-10-20-11-9-13/h3-11,15H,2,12H2,1H3,(H,21,27)(H,22,26). The van der Waals surface area contributed by atoms with Crippen molar-refractivity contribution in [3.05, 3.63) is 60.4 Å². The molecule has 0 saturated carbocycles. The summed E-state index contributed by atoms with van der Waals surface area (Å²) < 4.78 is 0. The van der Waals surface area contributed by atoms with Crippen LogP contribution in [0.5, 0.6) is 0 Å². The van der Waals surface area contributed by atoms with E-state index in [0.717, 1.165) is 9.91 Å². The third-order valence-corrected chi connectivity index (χ3v) is 4.24. The number of hydrazine groups is 1. The smallest absolute Gasteiger partial charge is 0.324 e. The minimum absolute atomic E-state index is 0.131. The van der Waals surface area contributed by atoms with Crippen LogP contribution in [0.25, 0.3) is 0 Å². The molecule has 5 amide bonds. The van der Waals surface area contributed by atoms with Gasteiger partial charge in [0.2, 0.25) is 11.8 Å². The first kappa shape index (κ1) is 19.0. The summed E-state index contributed by atoms with van der Waals surface area (Å²) in [6.45, 7) is 1.77. The summed E-state index contributed by atoms with van der Waals surface area (Å²) in [7, 11) is 0. The second-order valence-corrected chi connectivity index (χ2v) is 6.04. The molecular weight excluding hydrogens is 362 g/mol. The van der Waals surface area contributed by atoms with Gasteiger partial charge in [-0.25, -0.2) is 9.80 Å². The van der Waals surface area contributed by atoms with E-state index in [-0.39, 0.29) is 18.5 Å². The summed E-state index contributed by atoms with van der Waals surface area (Å²) in [5, 5.41) is 3.57. The highest BCUT2D eigenvalue weighted by molar-refractivity contribution is 6.07. The zero-order chi connectivity index (χ0) is 20.1. The number of nitrogens with zero attached hydrogens (tertiary/aromatic N) is 3. The first-order valence-electron chi connectivity index (χ1n) is 8.71. The molecule has 0 aliphatic carbocycles. The Balaban J connectivity index is 1.84. The lowest BCUT2D eigenvalue weighted by molar-refractivity contribution is -0.138. The Morgan fingerprint density at radius 2 is 1.79 bits per heavy atom. The quantitative estimate of drug-likeness (QED) is 0.813. The van der Waals surface area contributed by atoms with Crippen LogP contribution in [0.1, 0.15) is 23.7 Å². The van der Waals surface area contributed by atoms with E-state index in [1.54, 1.807) is 37.3 Å². The SMILES string of the molecule is CCN1C(=O)CC(C(=O)Nc2ccccc2)N(NC(=O)c2ccncc2)C1=O. The normalized spacial score (nSPS) is 16.7. The molecule has 9 nitrogen and oxygen atoms in total. The van der Waals surface area contributed by atoms with E-state index in [2.05, 4.69) is 15.7 Å². The first-order chi connectivity index (χ1) is 13.5. The molecule has 0 spiro atoms. The molecule has 2 N–H and O–H groups in total. The zero-order valence-electron chi connectivity index (χ0n) is 15.2. The monoisotopic (exact) mass is 381 g/mol. The summed E-state index contributed by atoms with van der Waals surface area (Å²) in [6, 6.07) is 9.68. The van der Waals surface area contributed by atoms with Crippen LogP contribution in [0.4, 0.5) is 10.5 Å². The fraction of sp³-hybridized carbons (Fsp3) is 0.211. The van der Waals surface area contributed by atoms with E-state index in [1.807, 2.05) is 0 Å². The number of aromatic nitrogens is 1. The number of amides is 5. The van der Waals surface area contributed by atoms with E-state index in [0.29, 0.717) is 5.69 Å². The molecule has 0 radical (unpaired) electrons. The topological polar surface area (TPSA) is 112 Å². The number of nitrogens with one attached hydrogen (secondary N) is 2. The fourth-order valence-electron chi connectivity index (χ4n) is 2.81. The Morgan fingerprint density at radius 1 is 1.11 bits per heavy atom. The van der Waals surface area contributed by atoms with Gasteiger partial charge in [-0.15, -0.1) is 0 Å². The van der Waals surface area contributed by atoms with Gasteiger partial charge in [0.25, 0.3) is 5.91 Å². The van der Waals surface area contributed by atoms with E-state index in [1.165, 1.54) is 24.5 Å². The molecule has 1 unspecified atom stereocenters. The molecular formula is C19H19N5O4. The van der Waals surface area contributed by atoms with Crippen molar-refractivity contribution in [1.82, 2.24) is 20.3 Å². The number of imide groups is 1. The molecule has 1 aromatic heterocycles. The number of carbonyl (C=O) groups is 4. The third kappa shape index (κ3) is 3.98. The number of pyridine rings is 1. The van der Waals surface area contributed by atoms with Crippen molar-refractivity contribution in [2.24, 2.45) is 0 Å². The lowest BCUT2D eigenvalue weighted by atomic mass is 10.1. The molecule has 1 aromatic carbocycles. The van der Waals surface area contributed by atoms with Gasteiger partial charge in [-0.1, -0.05) is 18.2 Å². The summed E-state index contributed by atoms with van der Waals surface area (Å²) in [4.78, 5) is 55.1. The van der Waals surface area contributed by atoms with Crippen LogP contribution in [0.15, 0.2) is 54.9 Å². The Morgan fingerprint density at radius 3 is 2.43 bits per heavy atom. The van der Waals surface area contributed by atoms with Crippen LogP contribution in [-0.4, -0.2) is 51.2 Å². The predicted molar refractivity (Wildman–Crippen MR) is 99.8 cm³/mol. The van der Waals surface area contributed by atoms with E-state index in [9.17, 15) is 19.2 Å². The second-order valence-electron chi connectivity index (χ2n) is 6.04. The molecule has 3 rings (SSSR count). The molecule has 144 valence electrons. The van der Waals surface area contributed by atoms with Crippen LogP contribution < -0.4 is 10.7 Å². The van der Waals surface area contributed by atoms with Gasteiger partial charge >= 0.3 is 6.03 Å². The number of carbonyl (C=O) groups excluding carboxylic acids is 4. The molecule has 9 heteroatoms. The van der Waals surface area contributed by atoms with Crippen molar-refractivity contribution >= 4 is 29.4 Å². The first-order valence-corrected chi connectivity index (χ1v) is 8.71. The fourth-order valence-corrected chi connectivity index (χ4v) is 2.81. The van der Waals surface area contributed by atoms with E-state index in [4.69, 9.17) is 0 Å². The van der Waals surface area contributed by atoms with Crippen molar-refractivity contribution in [3.63, 3.8) is 0 Å². The maximum atomic E-state index is 12.7. The Bertz CT molecular complexity index is 888. The highest BCUT2D eigenvalue weighted by Gasteiger charge is 2.42. The lowest BCUT2D eigenvalue weighted by Gasteiger charge is -2.38. The van der Waals surface area contributed by atoms with Gasteiger partial charge in [0, 0.05) is 30.2 Å². The van der Waals surface area contributed by atoms with E-state index >= 15 is 0 Å².